The molecule has 9 nitrogen and oxygen atoms in total. The fourth-order valence-corrected chi connectivity index (χ4v) is 2.99. The molecule has 30 heavy (non-hydrogen) atoms. The van der Waals surface area contributed by atoms with Crippen LogP contribution >= 0.6 is 0 Å². The third-order valence-corrected chi connectivity index (χ3v) is 4.32. The number of carbonyl (C=O) groups is 3. The lowest BCUT2D eigenvalue weighted by atomic mass is 10.0. The van der Waals surface area contributed by atoms with Crippen molar-refractivity contribution in [3.8, 4) is 0 Å². The molecule has 0 aliphatic carbocycles. The van der Waals surface area contributed by atoms with Gasteiger partial charge in [0.05, 0.1) is 10.5 Å². The average molecular weight is 406 g/mol. The van der Waals surface area contributed by atoms with Crippen LogP contribution in [0.3, 0.4) is 0 Å². The third kappa shape index (κ3) is 4.09. The first kappa shape index (κ1) is 20.5. The molecule has 1 aliphatic heterocycles. The highest BCUT2D eigenvalue weighted by Gasteiger charge is 2.38. The summed E-state index contributed by atoms with van der Waals surface area (Å²) in [5.41, 5.74) is 1.54. The van der Waals surface area contributed by atoms with E-state index in [1.807, 2.05) is 0 Å². The van der Waals surface area contributed by atoms with Crippen molar-refractivity contribution in [2.45, 2.75) is 6.92 Å². The molecule has 0 saturated carbocycles. The number of nitro groups is 1. The summed E-state index contributed by atoms with van der Waals surface area (Å²) in [6, 6.07) is 12.0. The van der Waals surface area contributed by atoms with Gasteiger partial charge in [0.15, 0.2) is 0 Å². The maximum Gasteiger partial charge on any atom is 0.278 e. The molecule has 1 aliphatic rings. The second-order valence-electron chi connectivity index (χ2n) is 6.45. The van der Waals surface area contributed by atoms with E-state index < -0.39 is 16.7 Å². The van der Waals surface area contributed by atoms with E-state index in [0.29, 0.717) is 16.9 Å². The number of hydrogen-bond donors (Lipinski definition) is 2. The number of non-ortho nitro benzene ring substituents is 1. The molecular formula is C21H18N4O5. The quantitative estimate of drug-likeness (QED) is 0.316. The van der Waals surface area contributed by atoms with Crippen LogP contribution in [0.25, 0.3) is 5.57 Å². The summed E-state index contributed by atoms with van der Waals surface area (Å²) in [5.74, 6) is -1.26. The SMILES string of the molecule is C=CCN1C(=O)C(Nc2ccc(NC(C)=O)cc2)=C(c2ccc([N+](=O)[O-])cc2)C1=O. The van der Waals surface area contributed by atoms with E-state index in [0.717, 1.165) is 4.90 Å². The highest BCUT2D eigenvalue weighted by Crippen LogP contribution is 2.31. The fraction of sp³-hybridized carbons (Fsp3) is 0.0952. The van der Waals surface area contributed by atoms with E-state index >= 15 is 0 Å². The summed E-state index contributed by atoms with van der Waals surface area (Å²) in [6.45, 7) is 4.99. The van der Waals surface area contributed by atoms with Gasteiger partial charge in [-0.15, -0.1) is 6.58 Å². The number of nitrogens with one attached hydrogen (secondary N) is 2. The van der Waals surface area contributed by atoms with Gasteiger partial charge < -0.3 is 10.6 Å². The van der Waals surface area contributed by atoms with Crippen LogP contribution in [0.15, 0.2) is 66.9 Å². The van der Waals surface area contributed by atoms with Crippen LogP contribution in [0.1, 0.15) is 12.5 Å². The van der Waals surface area contributed by atoms with E-state index in [1.165, 1.54) is 37.3 Å². The number of rotatable bonds is 7. The largest absolute Gasteiger partial charge is 0.350 e. The van der Waals surface area contributed by atoms with Gasteiger partial charge in [-0.2, -0.15) is 0 Å². The van der Waals surface area contributed by atoms with E-state index in [4.69, 9.17) is 0 Å². The van der Waals surface area contributed by atoms with E-state index in [9.17, 15) is 24.5 Å². The number of benzene rings is 2. The molecule has 9 heteroatoms. The molecule has 0 atom stereocenters. The monoisotopic (exact) mass is 406 g/mol. The number of anilines is 2. The summed E-state index contributed by atoms with van der Waals surface area (Å²) in [4.78, 5) is 48.3. The smallest absolute Gasteiger partial charge is 0.278 e. The molecule has 3 amide bonds. The Bertz CT molecular complexity index is 1070. The molecule has 2 aromatic carbocycles. The predicted octanol–water partition coefficient (Wildman–Crippen LogP) is 2.93. The van der Waals surface area contributed by atoms with Crippen LogP contribution in [0.4, 0.5) is 17.1 Å². The molecular weight excluding hydrogens is 388 g/mol. The Hall–Kier alpha value is -4.27. The Morgan fingerprint density at radius 2 is 1.67 bits per heavy atom. The van der Waals surface area contributed by atoms with Crippen LogP contribution in [0, 0.1) is 10.1 Å². The predicted molar refractivity (Wildman–Crippen MR) is 111 cm³/mol. The van der Waals surface area contributed by atoms with Crippen molar-refractivity contribution in [3.05, 3.63) is 82.6 Å². The summed E-state index contributed by atoms with van der Waals surface area (Å²) >= 11 is 0. The lowest BCUT2D eigenvalue weighted by molar-refractivity contribution is -0.384. The highest BCUT2D eigenvalue weighted by atomic mass is 16.6. The molecule has 0 saturated heterocycles. The van der Waals surface area contributed by atoms with E-state index in [-0.39, 0.29) is 29.4 Å². The molecule has 152 valence electrons. The summed E-state index contributed by atoms with van der Waals surface area (Å²) in [7, 11) is 0. The average Bonchev–Trinajstić information content (AvgIpc) is 2.94. The summed E-state index contributed by atoms with van der Waals surface area (Å²) in [6.07, 6.45) is 1.44. The van der Waals surface area contributed by atoms with Gasteiger partial charge in [0, 0.05) is 37.0 Å². The van der Waals surface area contributed by atoms with Crippen molar-refractivity contribution in [1.82, 2.24) is 4.90 Å². The van der Waals surface area contributed by atoms with Crippen molar-refractivity contribution in [2.75, 3.05) is 17.2 Å². The van der Waals surface area contributed by atoms with Gasteiger partial charge >= 0.3 is 0 Å². The minimum Gasteiger partial charge on any atom is -0.350 e. The maximum absolute atomic E-state index is 12.9. The topological polar surface area (TPSA) is 122 Å². The van der Waals surface area contributed by atoms with Crippen LogP contribution in [-0.4, -0.2) is 34.1 Å². The van der Waals surface area contributed by atoms with Gasteiger partial charge in [0.1, 0.15) is 5.70 Å². The van der Waals surface area contributed by atoms with Crippen molar-refractivity contribution in [1.29, 1.82) is 0 Å². The molecule has 0 spiro atoms. The zero-order valence-electron chi connectivity index (χ0n) is 16.0. The highest BCUT2D eigenvalue weighted by molar-refractivity contribution is 6.36. The third-order valence-electron chi connectivity index (χ3n) is 4.32. The molecule has 2 aromatic rings. The lowest BCUT2D eigenvalue weighted by Gasteiger charge is -2.12. The minimum atomic E-state index is -0.542. The Morgan fingerprint density at radius 3 is 2.20 bits per heavy atom. The number of nitro benzene ring substituents is 1. The lowest BCUT2D eigenvalue weighted by Crippen LogP contribution is -2.32. The van der Waals surface area contributed by atoms with Crippen molar-refractivity contribution >= 4 is 40.4 Å². The van der Waals surface area contributed by atoms with Crippen molar-refractivity contribution < 1.29 is 19.3 Å². The first-order valence-electron chi connectivity index (χ1n) is 8.92. The number of amides is 3. The zero-order chi connectivity index (χ0) is 21.8. The first-order chi connectivity index (χ1) is 14.3. The van der Waals surface area contributed by atoms with E-state index in [2.05, 4.69) is 17.2 Å². The Kier molecular flexibility index (Phi) is 5.73. The Morgan fingerprint density at radius 1 is 1.07 bits per heavy atom. The van der Waals surface area contributed by atoms with Gasteiger partial charge in [-0.3, -0.25) is 29.4 Å². The van der Waals surface area contributed by atoms with Crippen molar-refractivity contribution in [2.24, 2.45) is 0 Å². The van der Waals surface area contributed by atoms with Crippen LogP contribution in [-0.2, 0) is 14.4 Å². The van der Waals surface area contributed by atoms with Crippen LogP contribution in [0.5, 0.6) is 0 Å². The van der Waals surface area contributed by atoms with Gasteiger partial charge in [-0.25, -0.2) is 0 Å². The molecule has 0 aromatic heterocycles. The van der Waals surface area contributed by atoms with Crippen molar-refractivity contribution in [3.63, 3.8) is 0 Å². The molecule has 1 heterocycles. The maximum atomic E-state index is 12.9. The molecule has 0 unspecified atom stereocenters. The normalized spacial score (nSPS) is 13.4. The molecule has 2 N–H and O–H groups in total. The Labute approximate surface area is 171 Å². The Balaban J connectivity index is 1.99. The number of imide groups is 1. The number of nitrogens with zero attached hydrogens (tertiary/aromatic N) is 2. The number of carbonyl (C=O) groups excluding carboxylic acids is 3. The van der Waals surface area contributed by atoms with Gasteiger partial charge in [0.2, 0.25) is 5.91 Å². The minimum absolute atomic E-state index is 0.0286. The molecule has 0 fully saturated rings. The second-order valence-corrected chi connectivity index (χ2v) is 6.45. The summed E-state index contributed by atoms with van der Waals surface area (Å²) < 4.78 is 0. The first-order valence-corrected chi connectivity index (χ1v) is 8.92. The molecule has 0 radical (unpaired) electrons. The van der Waals surface area contributed by atoms with Gasteiger partial charge in [-0.1, -0.05) is 6.08 Å². The second kappa shape index (κ2) is 8.39. The standard InChI is InChI=1S/C21H18N4O5/c1-3-12-24-20(27)18(14-4-10-17(11-5-14)25(29)30)19(21(24)28)23-16-8-6-15(7-9-16)22-13(2)26/h3-11,23H,1,12H2,2H3,(H,22,26). The van der Waals surface area contributed by atoms with E-state index in [1.54, 1.807) is 24.3 Å². The van der Waals surface area contributed by atoms with Crippen LogP contribution in [0.2, 0.25) is 0 Å². The van der Waals surface area contributed by atoms with Gasteiger partial charge in [-0.05, 0) is 42.0 Å². The van der Waals surface area contributed by atoms with Crippen LogP contribution < -0.4 is 10.6 Å². The number of hydrogen-bond acceptors (Lipinski definition) is 6. The fourth-order valence-electron chi connectivity index (χ4n) is 2.99. The molecule has 0 bridgehead atoms. The summed E-state index contributed by atoms with van der Waals surface area (Å²) in [5, 5.41) is 16.5. The molecule has 3 rings (SSSR count). The zero-order valence-corrected chi connectivity index (χ0v) is 16.0. The van der Waals surface area contributed by atoms with Gasteiger partial charge in [0.25, 0.3) is 17.5 Å².